The molecule has 0 amide bonds. The van der Waals surface area contributed by atoms with Gasteiger partial charge in [0.05, 0.1) is 0 Å². The van der Waals surface area contributed by atoms with Crippen LogP contribution in [0.2, 0.25) is 0 Å². The highest BCUT2D eigenvalue weighted by atomic mass is 35.7. The maximum atomic E-state index is 5.83. The van der Waals surface area contributed by atoms with Gasteiger partial charge in [-0.3, -0.25) is 0 Å². The molecule has 0 atom stereocenters. The summed E-state index contributed by atoms with van der Waals surface area (Å²) in [5.41, 5.74) is 0. The second-order valence-corrected chi connectivity index (χ2v) is 7.43. The number of piperidine rings is 1. The van der Waals surface area contributed by atoms with E-state index in [1.807, 2.05) is 0 Å². The van der Waals surface area contributed by atoms with E-state index in [0.717, 1.165) is 19.0 Å². The standard InChI is InChI=1S/C6H13Cl2NSi/c1-6-2-4-9(5-3-6)10(7)8/h6,10H,2-5H2,1H3. The minimum Gasteiger partial charge on any atom is -0.302 e. The van der Waals surface area contributed by atoms with Gasteiger partial charge in [-0.05, 0) is 31.8 Å². The molecule has 0 unspecified atom stereocenters. The van der Waals surface area contributed by atoms with Crippen LogP contribution in [0.4, 0.5) is 0 Å². The Balaban J connectivity index is 2.26. The molecule has 0 aromatic rings. The van der Waals surface area contributed by atoms with Crippen molar-refractivity contribution in [2.75, 3.05) is 13.1 Å². The van der Waals surface area contributed by atoms with Crippen LogP contribution in [0.1, 0.15) is 19.8 Å². The van der Waals surface area contributed by atoms with E-state index in [0.29, 0.717) is 0 Å². The Morgan fingerprint density at radius 2 is 1.80 bits per heavy atom. The average molecular weight is 198 g/mol. The van der Waals surface area contributed by atoms with Crippen molar-refractivity contribution in [2.45, 2.75) is 19.8 Å². The Labute approximate surface area is 73.4 Å². The van der Waals surface area contributed by atoms with E-state index in [1.54, 1.807) is 0 Å². The maximum absolute atomic E-state index is 5.83. The summed E-state index contributed by atoms with van der Waals surface area (Å²) in [5, 5.41) is 0. The molecule has 0 saturated carbocycles. The van der Waals surface area contributed by atoms with Crippen molar-refractivity contribution in [3.63, 3.8) is 0 Å². The van der Waals surface area contributed by atoms with Gasteiger partial charge >= 0.3 is 7.58 Å². The monoisotopic (exact) mass is 197 g/mol. The number of halogens is 2. The minimum atomic E-state index is -1.50. The highest BCUT2D eigenvalue weighted by Gasteiger charge is 2.20. The summed E-state index contributed by atoms with van der Waals surface area (Å²) in [7, 11) is -1.50. The van der Waals surface area contributed by atoms with Crippen molar-refractivity contribution in [2.24, 2.45) is 5.92 Å². The van der Waals surface area contributed by atoms with Crippen molar-refractivity contribution in [3.05, 3.63) is 0 Å². The zero-order valence-electron chi connectivity index (χ0n) is 6.19. The van der Waals surface area contributed by atoms with Crippen LogP contribution in [0.5, 0.6) is 0 Å². The van der Waals surface area contributed by atoms with Crippen LogP contribution >= 0.6 is 22.2 Å². The van der Waals surface area contributed by atoms with Crippen molar-refractivity contribution in [3.8, 4) is 0 Å². The fourth-order valence-electron chi connectivity index (χ4n) is 1.22. The first-order valence-electron chi connectivity index (χ1n) is 3.72. The Morgan fingerprint density at radius 1 is 1.30 bits per heavy atom. The molecule has 1 aliphatic heterocycles. The Kier molecular flexibility index (Phi) is 3.50. The van der Waals surface area contributed by atoms with Crippen LogP contribution in [0.25, 0.3) is 0 Å². The first-order valence-corrected chi connectivity index (χ1v) is 7.73. The fourth-order valence-corrected chi connectivity index (χ4v) is 3.08. The third-order valence-electron chi connectivity index (χ3n) is 2.09. The molecule has 1 aliphatic rings. The van der Waals surface area contributed by atoms with Gasteiger partial charge in [-0.15, -0.1) is 22.2 Å². The molecule has 0 radical (unpaired) electrons. The van der Waals surface area contributed by atoms with E-state index < -0.39 is 7.58 Å². The van der Waals surface area contributed by atoms with E-state index >= 15 is 0 Å². The molecule has 0 N–H and O–H groups in total. The summed E-state index contributed by atoms with van der Waals surface area (Å²) in [6.45, 7) is 4.52. The third-order valence-corrected chi connectivity index (χ3v) is 4.82. The van der Waals surface area contributed by atoms with Crippen LogP contribution in [0.15, 0.2) is 0 Å². The zero-order valence-corrected chi connectivity index (χ0v) is 8.85. The normalized spacial score (nSPS) is 24.0. The molecule has 1 heterocycles. The minimum absolute atomic E-state index is 0.873. The van der Waals surface area contributed by atoms with Crippen LogP contribution < -0.4 is 0 Å². The van der Waals surface area contributed by atoms with Gasteiger partial charge < -0.3 is 4.57 Å². The smallest absolute Gasteiger partial charge is 0.302 e. The third kappa shape index (κ3) is 2.42. The lowest BCUT2D eigenvalue weighted by molar-refractivity contribution is 0.295. The quantitative estimate of drug-likeness (QED) is 0.459. The molecule has 0 spiro atoms. The SMILES string of the molecule is CC1CCN([SiH](Cl)Cl)CC1. The Hall–Kier alpha value is 0.757. The zero-order chi connectivity index (χ0) is 7.56. The van der Waals surface area contributed by atoms with Crippen molar-refractivity contribution in [1.82, 2.24) is 4.57 Å². The molecular formula is C6H13Cl2NSi. The largest absolute Gasteiger partial charge is 0.309 e. The van der Waals surface area contributed by atoms with Crippen LogP contribution in [0.3, 0.4) is 0 Å². The highest BCUT2D eigenvalue weighted by Crippen LogP contribution is 2.18. The summed E-state index contributed by atoms with van der Waals surface area (Å²) < 4.78 is 2.24. The number of rotatable bonds is 1. The van der Waals surface area contributed by atoms with Gasteiger partial charge in [-0.25, -0.2) is 0 Å². The molecule has 0 aromatic carbocycles. The topological polar surface area (TPSA) is 3.24 Å². The lowest BCUT2D eigenvalue weighted by Crippen LogP contribution is -2.38. The first-order chi connectivity index (χ1) is 4.70. The van der Waals surface area contributed by atoms with Gasteiger partial charge in [0.25, 0.3) is 0 Å². The second-order valence-electron chi connectivity index (χ2n) is 3.00. The molecule has 4 heteroatoms. The van der Waals surface area contributed by atoms with Crippen molar-refractivity contribution in [1.29, 1.82) is 0 Å². The van der Waals surface area contributed by atoms with E-state index in [9.17, 15) is 0 Å². The predicted octanol–water partition coefficient (Wildman–Crippen LogP) is 1.91. The fraction of sp³-hybridized carbons (Fsp3) is 1.00. The van der Waals surface area contributed by atoms with E-state index in [4.69, 9.17) is 22.2 Å². The van der Waals surface area contributed by atoms with Crippen LogP contribution in [0, 0.1) is 5.92 Å². The average Bonchev–Trinajstić information content (AvgIpc) is 1.88. The van der Waals surface area contributed by atoms with Crippen molar-refractivity contribution < 1.29 is 0 Å². The van der Waals surface area contributed by atoms with E-state index in [1.165, 1.54) is 12.8 Å². The van der Waals surface area contributed by atoms with Gasteiger partial charge in [-0.1, -0.05) is 6.92 Å². The number of hydrogen-bond acceptors (Lipinski definition) is 1. The second kappa shape index (κ2) is 3.95. The van der Waals surface area contributed by atoms with Crippen LogP contribution in [-0.2, 0) is 0 Å². The first kappa shape index (κ1) is 8.85. The summed E-state index contributed by atoms with van der Waals surface area (Å²) in [4.78, 5) is 0. The molecule has 1 fully saturated rings. The van der Waals surface area contributed by atoms with Gasteiger partial charge in [0, 0.05) is 0 Å². The van der Waals surface area contributed by atoms with E-state index in [-0.39, 0.29) is 0 Å². The Morgan fingerprint density at radius 3 is 2.20 bits per heavy atom. The van der Waals surface area contributed by atoms with Gasteiger partial charge in [0.2, 0.25) is 0 Å². The van der Waals surface area contributed by atoms with Gasteiger partial charge in [0.15, 0.2) is 0 Å². The molecule has 1 rings (SSSR count). The van der Waals surface area contributed by atoms with Crippen LogP contribution in [-0.4, -0.2) is 25.2 Å². The summed E-state index contributed by atoms with van der Waals surface area (Å²) in [6.07, 6.45) is 2.53. The van der Waals surface area contributed by atoms with E-state index in [2.05, 4.69) is 11.5 Å². The molecule has 1 nitrogen and oxygen atoms in total. The molecule has 0 bridgehead atoms. The summed E-state index contributed by atoms with van der Waals surface area (Å²) in [6, 6.07) is 0. The number of nitrogens with zero attached hydrogens (tertiary/aromatic N) is 1. The lowest BCUT2D eigenvalue weighted by Gasteiger charge is -2.30. The maximum Gasteiger partial charge on any atom is 0.309 e. The summed E-state index contributed by atoms with van der Waals surface area (Å²) >= 11 is 11.7. The molecule has 10 heavy (non-hydrogen) atoms. The highest BCUT2D eigenvalue weighted by molar-refractivity contribution is 7.32. The Bertz CT molecular complexity index is 102. The molecule has 0 aliphatic carbocycles. The van der Waals surface area contributed by atoms with Crippen molar-refractivity contribution >= 4 is 29.7 Å². The predicted molar refractivity (Wildman–Crippen MR) is 48.8 cm³/mol. The molecule has 60 valence electrons. The lowest BCUT2D eigenvalue weighted by atomic mass is 10.0. The van der Waals surface area contributed by atoms with Gasteiger partial charge in [-0.2, -0.15) is 0 Å². The molecule has 1 saturated heterocycles. The molecular weight excluding hydrogens is 185 g/mol. The summed E-state index contributed by atoms with van der Waals surface area (Å²) in [5.74, 6) is 0.873. The van der Waals surface area contributed by atoms with Gasteiger partial charge in [0.1, 0.15) is 0 Å². The number of hydrogen-bond donors (Lipinski definition) is 0. The molecule has 0 aromatic heterocycles.